The first kappa shape index (κ1) is 37.1. The molecule has 0 saturated carbocycles. The number of hydrogen-bond acceptors (Lipinski definition) is 8. The van der Waals surface area contributed by atoms with Crippen LogP contribution in [-0.4, -0.2) is 64.3 Å². The zero-order chi connectivity index (χ0) is 32.0. The standard InChI is InChI=1S/C16H22BrN3O4.C10H18N2O5/c1-16(2,3)24-15(23)20-12(7-8-13(18)21)14(22)19-11-6-4-5-10(17)9-11;1-10(2,3)17-9(16)12-6(8(14)15)4-5-7(11)13/h4-6,9,12H,7-8H2,1-3H3,(H2,18,21)(H,19,22)(H,20,23);6H,4-5H2,1-3H3,(H2,11,13)(H,12,16)(H,14,15)/t12-;6-/m00/s1. The summed E-state index contributed by atoms with van der Waals surface area (Å²) < 4.78 is 10.8. The lowest BCUT2D eigenvalue weighted by atomic mass is 10.1. The highest BCUT2D eigenvalue weighted by Gasteiger charge is 2.25. The van der Waals surface area contributed by atoms with E-state index in [1.807, 2.05) is 6.07 Å². The highest BCUT2D eigenvalue weighted by atomic mass is 79.9. The molecule has 0 radical (unpaired) electrons. The molecule has 0 saturated heterocycles. The Balaban J connectivity index is 0.000000831. The van der Waals surface area contributed by atoms with Crippen LogP contribution in [0.1, 0.15) is 67.2 Å². The van der Waals surface area contributed by atoms with Crippen LogP contribution in [0, 0.1) is 0 Å². The minimum atomic E-state index is -1.24. The number of alkyl carbamates (subject to hydrolysis) is 2. The number of ether oxygens (including phenoxy) is 2. The van der Waals surface area contributed by atoms with E-state index in [1.165, 1.54) is 0 Å². The number of nitrogens with two attached hydrogens (primary N) is 2. The number of carbonyl (C=O) groups excluding carboxylic acids is 5. The third-order valence-corrected chi connectivity index (χ3v) is 4.94. The molecule has 0 bridgehead atoms. The van der Waals surface area contributed by atoms with Gasteiger partial charge in [0.05, 0.1) is 0 Å². The van der Waals surface area contributed by atoms with Crippen molar-refractivity contribution in [2.75, 3.05) is 5.32 Å². The van der Waals surface area contributed by atoms with Crippen LogP contribution < -0.4 is 27.4 Å². The van der Waals surface area contributed by atoms with Crippen molar-refractivity contribution in [2.24, 2.45) is 11.5 Å². The summed E-state index contributed by atoms with van der Waals surface area (Å²) in [5.74, 6) is -2.87. The number of anilines is 1. The molecule has 8 N–H and O–H groups in total. The molecule has 41 heavy (non-hydrogen) atoms. The van der Waals surface area contributed by atoms with Crippen LogP contribution in [0.2, 0.25) is 0 Å². The van der Waals surface area contributed by atoms with Crippen molar-refractivity contribution in [3.05, 3.63) is 28.7 Å². The molecule has 1 aromatic carbocycles. The van der Waals surface area contributed by atoms with Crippen molar-refractivity contribution in [1.82, 2.24) is 10.6 Å². The fourth-order valence-electron chi connectivity index (χ4n) is 2.79. The molecule has 2 atom stereocenters. The van der Waals surface area contributed by atoms with E-state index in [2.05, 4.69) is 31.9 Å². The summed E-state index contributed by atoms with van der Waals surface area (Å²) in [6.45, 7) is 10.1. The molecule has 0 fully saturated rings. The van der Waals surface area contributed by atoms with Crippen LogP contribution in [-0.2, 0) is 28.7 Å². The number of aliphatic carboxylic acids is 1. The summed E-state index contributed by atoms with van der Waals surface area (Å²) in [6, 6.07) is 4.89. The molecule has 0 spiro atoms. The van der Waals surface area contributed by atoms with Crippen molar-refractivity contribution >= 4 is 57.5 Å². The highest BCUT2D eigenvalue weighted by molar-refractivity contribution is 9.10. The second-order valence-electron chi connectivity index (χ2n) is 10.7. The van der Waals surface area contributed by atoms with Gasteiger partial charge in [0.25, 0.3) is 0 Å². The first-order valence-electron chi connectivity index (χ1n) is 12.5. The van der Waals surface area contributed by atoms with Gasteiger partial charge in [-0.15, -0.1) is 0 Å². The number of carboxylic acids is 1. The van der Waals surface area contributed by atoms with Gasteiger partial charge in [0.2, 0.25) is 17.7 Å². The Hall–Kier alpha value is -3.88. The molecule has 14 nitrogen and oxygen atoms in total. The van der Waals surface area contributed by atoms with Crippen molar-refractivity contribution in [2.45, 2.75) is 90.5 Å². The zero-order valence-corrected chi connectivity index (χ0v) is 25.6. The predicted molar refractivity (Wildman–Crippen MR) is 154 cm³/mol. The number of nitrogens with one attached hydrogen (secondary N) is 3. The van der Waals surface area contributed by atoms with Crippen LogP contribution in [0.25, 0.3) is 0 Å². The lowest BCUT2D eigenvalue weighted by Gasteiger charge is -2.23. The minimum Gasteiger partial charge on any atom is -0.480 e. The van der Waals surface area contributed by atoms with Crippen molar-refractivity contribution in [3.63, 3.8) is 0 Å². The normalized spacial score (nSPS) is 12.4. The second kappa shape index (κ2) is 17.0. The topological polar surface area (TPSA) is 229 Å². The maximum atomic E-state index is 12.4. The molecule has 15 heteroatoms. The Bertz CT molecular complexity index is 1080. The third-order valence-electron chi connectivity index (χ3n) is 4.45. The Kier molecular flexibility index (Phi) is 15.4. The molecule has 0 aromatic heterocycles. The Morgan fingerprint density at radius 1 is 0.829 bits per heavy atom. The quantitative estimate of drug-likeness (QED) is 0.207. The molecule has 0 aliphatic rings. The average molecular weight is 647 g/mol. The summed E-state index contributed by atoms with van der Waals surface area (Å²) in [4.78, 5) is 67.9. The fourth-order valence-corrected chi connectivity index (χ4v) is 3.19. The maximum Gasteiger partial charge on any atom is 0.408 e. The lowest BCUT2D eigenvalue weighted by molar-refractivity contribution is -0.139. The Morgan fingerprint density at radius 2 is 1.27 bits per heavy atom. The van der Waals surface area contributed by atoms with Crippen molar-refractivity contribution in [3.8, 4) is 0 Å². The number of rotatable bonds is 11. The fraction of sp³-hybridized carbons (Fsp3) is 0.538. The molecule has 0 unspecified atom stereocenters. The van der Waals surface area contributed by atoms with Gasteiger partial charge in [-0.05, 0) is 72.6 Å². The van der Waals surface area contributed by atoms with E-state index in [0.29, 0.717) is 5.69 Å². The number of carboxylic acid groups (broad SMARTS) is 1. The van der Waals surface area contributed by atoms with Crippen LogP contribution >= 0.6 is 15.9 Å². The predicted octanol–water partition coefficient (Wildman–Crippen LogP) is 2.78. The first-order chi connectivity index (χ1) is 18.7. The van der Waals surface area contributed by atoms with E-state index in [4.69, 9.17) is 26.0 Å². The van der Waals surface area contributed by atoms with Crippen LogP contribution in [0.3, 0.4) is 0 Å². The number of benzene rings is 1. The van der Waals surface area contributed by atoms with E-state index in [9.17, 15) is 28.8 Å². The Labute approximate surface area is 247 Å². The highest BCUT2D eigenvalue weighted by Crippen LogP contribution is 2.16. The molecule has 0 heterocycles. The van der Waals surface area contributed by atoms with Gasteiger partial charge in [-0.1, -0.05) is 22.0 Å². The largest absolute Gasteiger partial charge is 0.480 e. The summed E-state index contributed by atoms with van der Waals surface area (Å²) in [6.07, 6.45) is -1.71. The summed E-state index contributed by atoms with van der Waals surface area (Å²) in [5, 5.41) is 16.1. The van der Waals surface area contributed by atoms with Crippen LogP contribution in [0.4, 0.5) is 15.3 Å². The van der Waals surface area contributed by atoms with Gasteiger partial charge in [0.1, 0.15) is 23.3 Å². The van der Waals surface area contributed by atoms with Crippen LogP contribution in [0.5, 0.6) is 0 Å². The smallest absolute Gasteiger partial charge is 0.408 e. The van der Waals surface area contributed by atoms with Crippen molar-refractivity contribution < 1.29 is 43.3 Å². The van der Waals surface area contributed by atoms with E-state index in [1.54, 1.807) is 59.7 Å². The first-order valence-corrected chi connectivity index (χ1v) is 13.3. The van der Waals surface area contributed by atoms with Gasteiger partial charge in [0, 0.05) is 23.0 Å². The maximum absolute atomic E-state index is 12.4. The molecule has 5 amide bonds. The molecular weight excluding hydrogens is 606 g/mol. The van der Waals surface area contributed by atoms with Crippen molar-refractivity contribution in [1.29, 1.82) is 0 Å². The molecule has 1 rings (SSSR count). The molecular formula is C26H40BrN5O9. The molecule has 0 aliphatic carbocycles. The number of carbonyl (C=O) groups is 6. The van der Waals surface area contributed by atoms with E-state index in [-0.39, 0.29) is 25.7 Å². The number of primary amides is 2. The minimum absolute atomic E-state index is 0.0353. The number of amides is 5. The SMILES string of the molecule is CC(C)(C)OC(=O)N[C@@H](CCC(N)=O)C(=O)Nc1cccc(Br)c1.CC(C)(C)OC(=O)N[C@@H](CCC(N)=O)C(=O)O. The summed E-state index contributed by atoms with van der Waals surface area (Å²) in [7, 11) is 0. The molecule has 230 valence electrons. The van der Waals surface area contributed by atoms with Crippen LogP contribution in [0.15, 0.2) is 28.7 Å². The van der Waals surface area contributed by atoms with Gasteiger partial charge < -0.3 is 42.0 Å². The van der Waals surface area contributed by atoms with Gasteiger partial charge in [-0.3, -0.25) is 14.4 Å². The lowest BCUT2D eigenvalue weighted by Crippen LogP contribution is -2.46. The van der Waals surface area contributed by atoms with Gasteiger partial charge in [-0.2, -0.15) is 0 Å². The number of hydrogen-bond donors (Lipinski definition) is 6. The monoisotopic (exact) mass is 645 g/mol. The third kappa shape index (κ3) is 19.8. The summed E-state index contributed by atoms with van der Waals surface area (Å²) in [5.41, 5.74) is 9.18. The van der Waals surface area contributed by atoms with Gasteiger partial charge in [0.15, 0.2) is 0 Å². The second-order valence-corrected chi connectivity index (χ2v) is 11.7. The van der Waals surface area contributed by atoms with E-state index < -0.39 is 59.2 Å². The van der Waals surface area contributed by atoms with Gasteiger partial charge in [-0.25, -0.2) is 14.4 Å². The van der Waals surface area contributed by atoms with E-state index in [0.717, 1.165) is 4.47 Å². The molecule has 1 aromatic rings. The zero-order valence-electron chi connectivity index (χ0n) is 24.0. The van der Waals surface area contributed by atoms with E-state index >= 15 is 0 Å². The Morgan fingerprint density at radius 3 is 1.66 bits per heavy atom. The molecule has 0 aliphatic heterocycles. The van der Waals surface area contributed by atoms with Gasteiger partial charge >= 0.3 is 18.2 Å². The number of halogens is 1. The average Bonchev–Trinajstić information content (AvgIpc) is 2.77. The summed E-state index contributed by atoms with van der Waals surface area (Å²) >= 11 is 3.31.